The van der Waals surface area contributed by atoms with Gasteiger partial charge in [0.2, 0.25) is 0 Å². The molecule has 1 atom stereocenters. The molecule has 0 saturated carbocycles. The van der Waals surface area contributed by atoms with Crippen LogP contribution in [0, 0.1) is 0 Å². The predicted molar refractivity (Wildman–Crippen MR) is 82.4 cm³/mol. The van der Waals surface area contributed by atoms with Gasteiger partial charge in [-0.15, -0.1) is 0 Å². The highest BCUT2D eigenvalue weighted by Crippen LogP contribution is 2.37. The monoisotopic (exact) mass is 336 g/mol. The van der Waals surface area contributed by atoms with Crippen molar-refractivity contribution in [1.29, 1.82) is 0 Å². The van der Waals surface area contributed by atoms with Crippen LogP contribution < -0.4 is 9.47 Å². The zero-order valence-electron chi connectivity index (χ0n) is 11.7. The molecule has 0 aliphatic carbocycles. The van der Waals surface area contributed by atoms with E-state index in [1.807, 2.05) is 36.4 Å². The van der Waals surface area contributed by atoms with Gasteiger partial charge >= 0.3 is 0 Å². The zero-order valence-corrected chi connectivity index (χ0v) is 13.3. The lowest BCUT2D eigenvalue weighted by molar-refractivity contribution is 0.0988. The maximum absolute atomic E-state index is 10.9. The topological polar surface area (TPSA) is 38.7 Å². The molecule has 0 heterocycles. The predicted octanol–water partition coefficient (Wildman–Crippen LogP) is 3.72. The molecule has 1 N–H and O–H groups in total. The van der Waals surface area contributed by atoms with Crippen LogP contribution >= 0.6 is 15.9 Å². The minimum Gasteiger partial charge on any atom is -0.497 e. The van der Waals surface area contributed by atoms with Crippen LogP contribution in [0.1, 0.15) is 18.1 Å². The second-order valence-corrected chi connectivity index (χ2v) is 5.56. The number of hydrogen-bond acceptors (Lipinski definition) is 3. The Kier molecular flexibility index (Phi) is 4.35. The van der Waals surface area contributed by atoms with Gasteiger partial charge in [0.15, 0.2) is 0 Å². The summed E-state index contributed by atoms with van der Waals surface area (Å²) >= 11 is 3.42. The second kappa shape index (κ2) is 5.85. The second-order valence-electron chi connectivity index (χ2n) is 4.65. The maximum atomic E-state index is 10.9. The summed E-state index contributed by atoms with van der Waals surface area (Å²) in [6, 6.07) is 13.0. The Morgan fingerprint density at radius 2 is 1.80 bits per heavy atom. The fourth-order valence-electron chi connectivity index (χ4n) is 2.15. The number of benzene rings is 2. The van der Waals surface area contributed by atoms with Crippen LogP contribution in [0.3, 0.4) is 0 Å². The summed E-state index contributed by atoms with van der Waals surface area (Å²) in [5, 5.41) is 10.9. The first kappa shape index (κ1) is 14.9. The van der Waals surface area contributed by atoms with Crippen LogP contribution in [0.15, 0.2) is 46.9 Å². The number of ether oxygens (including phenoxy) is 2. The van der Waals surface area contributed by atoms with Crippen molar-refractivity contribution >= 4 is 15.9 Å². The van der Waals surface area contributed by atoms with Gasteiger partial charge in [-0.25, -0.2) is 0 Å². The summed E-state index contributed by atoms with van der Waals surface area (Å²) in [7, 11) is 3.18. The van der Waals surface area contributed by atoms with Crippen molar-refractivity contribution < 1.29 is 14.6 Å². The molecule has 0 saturated heterocycles. The highest BCUT2D eigenvalue weighted by atomic mass is 79.9. The lowest BCUT2D eigenvalue weighted by Gasteiger charge is -2.26. The molecule has 0 amide bonds. The Hall–Kier alpha value is -1.52. The molecule has 0 aliphatic heterocycles. The smallest absolute Gasteiger partial charge is 0.128 e. The van der Waals surface area contributed by atoms with Gasteiger partial charge in [0.25, 0.3) is 0 Å². The van der Waals surface area contributed by atoms with Gasteiger partial charge in [-0.2, -0.15) is 0 Å². The summed E-state index contributed by atoms with van der Waals surface area (Å²) in [6.07, 6.45) is 0. The first-order valence-electron chi connectivity index (χ1n) is 6.20. The van der Waals surface area contributed by atoms with Gasteiger partial charge < -0.3 is 14.6 Å². The third-order valence-corrected chi connectivity index (χ3v) is 3.81. The standard InChI is InChI=1S/C16H17BrO3/c1-16(18,11-5-4-6-12(17)9-11)14-8-7-13(19-2)10-15(14)20-3/h4-10,18H,1-3H3. The fourth-order valence-corrected chi connectivity index (χ4v) is 2.55. The molecule has 2 rings (SSSR count). The summed E-state index contributed by atoms with van der Waals surface area (Å²) in [4.78, 5) is 0. The Labute approximate surface area is 127 Å². The highest BCUT2D eigenvalue weighted by Gasteiger charge is 2.29. The molecule has 0 radical (unpaired) electrons. The molecule has 2 aromatic rings. The molecule has 4 heteroatoms. The molecule has 2 aromatic carbocycles. The molecular weight excluding hydrogens is 320 g/mol. The van der Waals surface area contributed by atoms with Crippen LogP contribution in [-0.4, -0.2) is 19.3 Å². The average Bonchev–Trinajstić information content (AvgIpc) is 2.46. The molecule has 1 unspecified atom stereocenters. The minimum absolute atomic E-state index is 0.592. The Morgan fingerprint density at radius 3 is 2.40 bits per heavy atom. The van der Waals surface area contributed by atoms with Gasteiger partial charge in [0, 0.05) is 16.1 Å². The third kappa shape index (κ3) is 2.81. The molecule has 3 nitrogen and oxygen atoms in total. The fraction of sp³-hybridized carbons (Fsp3) is 0.250. The lowest BCUT2D eigenvalue weighted by atomic mass is 9.87. The van der Waals surface area contributed by atoms with Crippen LogP contribution in [0.4, 0.5) is 0 Å². The maximum Gasteiger partial charge on any atom is 0.128 e. The van der Waals surface area contributed by atoms with Crippen LogP contribution in [-0.2, 0) is 5.60 Å². The van der Waals surface area contributed by atoms with Crippen LogP contribution in [0.5, 0.6) is 11.5 Å². The third-order valence-electron chi connectivity index (χ3n) is 3.32. The molecule has 0 fully saturated rings. The molecule has 0 spiro atoms. The summed E-state index contributed by atoms with van der Waals surface area (Å²) in [5.74, 6) is 1.28. The van der Waals surface area contributed by atoms with Gasteiger partial charge in [0.1, 0.15) is 17.1 Å². The molecule has 106 valence electrons. The van der Waals surface area contributed by atoms with E-state index in [1.54, 1.807) is 27.2 Å². The molecule has 0 aliphatic rings. The quantitative estimate of drug-likeness (QED) is 0.924. The van der Waals surface area contributed by atoms with E-state index in [9.17, 15) is 5.11 Å². The van der Waals surface area contributed by atoms with E-state index in [2.05, 4.69) is 15.9 Å². The normalized spacial score (nSPS) is 13.7. The van der Waals surface area contributed by atoms with Gasteiger partial charge in [-0.1, -0.05) is 28.1 Å². The first-order valence-corrected chi connectivity index (χ1v) is 6.99. The summed E-state index contributed by atoms with van der Waals surface area (Å²) in [6.45, 7) is 1.75. The van der Waals surface area contributed by atoms with Crippen molar-refractivity contribution in [2.45, 2.75) is 12.5 Å². The number of halogens is 1. The van der Waals surface area contributed by atoms with Crippen molar-refractivity contribution in [3.05, 3.63) is 58.1 Å². The van der Waals surface area contributed by atoms with Gasteiger partial charge in [0.05, 0.1) is 14.2 Å². The van der Waals surface area contributed by atoms with Crippen molar-refractivity contribution in [2.24, 2.45) is 0 Å². The lowest BCUT2D eigenvalue weighted by Crippen LogP contribution is -2.23. The molecular formula is C16H17BrO3. The molecule has 0 bridgehead atoms. The number of rotatable bonds is 4. The summed E-state index contributed by atoms with van der Waals surface area (Å²) < 4.78 is 11.5. The van der Waals surface area contributed by atoms with Crippen molar-refractivity contribution in [3.8, 4) is 11.5 Å². The van der Waals surface area contributed by atoms with Gasteiger partial charge in [-0.3, -0.25) is 0 Å². The van der Waals surface area contributed by atoms with E-state index in [0.717, 1.165) is 10.0 Å². The van der Waals surface area contributed by atoms with Crippen molar-refractivity contribution in [3.63, 3.8) is 0 Å². The van der Waals surface area contributed by atoms with E-state index in [0.29, 0.717) is 17.1 Å². The molecule has 20 heavy (non-hydrogen) atoms. The Morgan fingerprint density at radius 1 is 1.05 bits per heavy atom. The highest BCUT2D eigenvalue weighted by molar-refractivity contribution is 9.10. The molecule has 0 aromatic heterocycles. The van der Waals surface area contributed by atoms with Gasteiger partial charge in [-0.05, 0) is 36.8 Å². The van der Waals surface area contributed by atoms with E-state index in [4.69, 9.17) is 9.47 Å². The summed E-state index contributed by atoms with van der Waals surface area (Å²) in [5.41, 5.74) is 0.329. The largest absolute Gasteiger partial charge is 0.497 e. The van der Waals surface area contributed by atoms with E-state index in [1.165, 1.54) is 0 Å². The van der Waals surface area contributed by atoms with Crippen molar-refractivity contribution in [2.75, 3.05) is 14.2 Å². The van der Waals surface area contributed by atoms with Crippen LogP contribution in [0.2, 0.25) is 0 Å². The number of aliphatic hydroxyl groups is 1. The average molecular weight is 337 g/mol. The zero-order chi connectivity index (χ0) is 14.8. The Bertz CT molecular complexity index is 608. The first-order chi connectivity index (χ1) is 9.48. The van der Waals surface area contributed by atoms with Crippen LogP contribution in [0.25, 0.3) is 0 Å². The SMILES string of the molecule is COc1ccc(C(C)(O)c2cccc(Br)c2)c(OC)c1. The van der Waals surface area contributed by atoms with E-state index >= 15 is 0 Å². The minimum atomic E-state index is -1.15. The van der Waals surface area contributed by atoms with Crippen molar-refractivity contribution in [1.82, 2.24) is 0 Å². The number of methoxy groups -OCH3 is 2. The van der Waals surface area contributed by atoms with E-state index < -0.39 is 5.60 Å². The number of hydrogen-bond donors (Lipinski definition) is 1. The van der Waals surface area contributed by atoms with E-state index in [-0.39, 0.29) is 0 Å². The Balaban J connectivity index is 2.53.